The molecule has 0 fully saturated rings. The molecule has 3 aromatic heterocycles. The van der Waals surface area contributed by atoms with Crippen molar-refractivity contribution in [2.75, 3.05) is 0 Å². The zero-order valence-corrected chi connectivity index (χ0v) is 12.6. The number of aromatic nitrogens is 6. The Hall–Kier alpha value is -3.26. The maximum Gasteiger partial charge on any atom is 0.176 e. The van der Waals surface area contributed by atoms with Crippen LogP contribution < -0.4 is 0 Å². The predicted molar refractivity (Wildman–Crippen MR) is 84.1 cm³/mol. The molecule has 4 rings (SSSR count). The molecule has 0 saturated carbocycles. The number of imidazole rings is 1. The topological polar surface area (TPSA) is 94.8 Å². The molecule has 0 radical (unpaired) electrons. The minimum atomic E-state index is -0.146. The molecule has 0 bridgehead atoms. The van der Waals surface area contributed by atoms with Gasteiger partial charge in [0, 0.05) is 12.4 Å². The van der Waals surface area contributed by atoms with Gasteiger partial charge in [0.1, 0.15) is 12.4 Å². The minimum Gasteiger partial charge on any atom is -0.455 e. The van der Waals surface area contributed by atoms with E-state index >= 15 is 0 Å². The Morgan fingerprint density at radius 2 is 1.96 bits per heavy atom. The van der Waals surface area contributed by atoms with Gasteiger partial charge in [-0.25, -0.2) is 4.98 Å². The second-order valence-corrected chi connectivity index (χ2v) is 5.15. The van der Waals surface area contributed by atoms with Gasteiger partial charge in [0.2, 0.25) is 0 Å². The van der Waals surface area contributed by atoms with Crippen LogP contribution >= 0.6 is 0 Å². The monoisotopic (exact) mass is 322 g/mol. The maximum absolute atomic E-state index is 9.14. The molecule has 0 aliphatic rings. The van der Waals surface area contributed by atoms with Gasteiger partial charge in [0.15, 0.2) is 17.4 Å². The number of aliphatic hydroxyl groups excluding tert-OH is 1. The number of hydrogen-bond acceptors (Lipinski definition) is 6. The van der Waals surface area contributed by atoms with Gasteiger partial charge in [-0.15, -0.1) is 5.10 Å². The van der Waals surface area contributed by atoms with Crippen LogP contribution in [0.5, 0.6) is 0 Å². The molecule has 0 aliphatic heterocycles. The Bertz CT molecular complexity index is 940. The van der Waals surface area contributed by atoms with E-state index in [1.54, 1.807) is 23.0 Å². The van der Waals surface area contributed by atoms with Crippen molar-refractivity contribution in [3.8, 4) is 17.3 Å². The van der Waals surface area contributed by atoms with E-state index in [9.17, 15) is 0 Å². The van der Waals surface area contributed by atoms with E-state index in [1.807, 2.05) is 41.1 Å². The molecule has 1 aromatic carbocycles. The zero-order chi connectivity index (χ0) is 16.4. The number of aliphatic hydroxyl groups is 1. The molecule has 0 spiro atoms. The van der Waals surface area contributed by atoms with Crippen LogP contribution in [-0.2, 0) is 13.2 Å². The van der Waals surface area contributed by atoms with Crippen LogP contribution in [0.15, 0.2) is 59.3 Å². The molecule has 0 saturated heterocycles. The first-order valence-electron chi connectivity index (χ1n) is 7.39. The third kappa shape index (κ3) is 2.59. The minimum absolute atomic E-state index is 0.146. The molecule has 24 heavy (non-hydrogen) atoms. The van der Waals surface area contributed by atoms with Gasteiger partial charge >= 0.3 is 0 Å². The molecule has 4 aromatic rings. The van der Waals surface area contributed by atoms with E-state index in [0.717, 1.165) is 5.69 Å². The molecule has 120 valence electrons. The largest absolute Gasteiger partial charge is 0.455 e. The fraction of sp³-hybridized carbons (Fsp3) is 0.125. The average Bonchev–Trinajstić information content (AvgIpc) is 3.36. The summed E-state index contributed by atoms with van der Waals surface area (Å²) >= 11 is 0. The van der Waals surface area contributed by atoms with Gasteiger partial charge in [-0.2, -0.15) is 4.68 Å². The quantitative estimate of drug-likeness (QED) is 0.600. The third-order valence-corrected chi connectivity index (χ3v) is 3.60. The van der Waals surface area contributed by atoms with Gasteiger partial charge in [0.25, 0.3) is 0 Å². The number of hydrogen-bond donors (Lipinski definition) is 1. The van der Waals surface area contributed by atoms with Crippen LogP contribution in [0.2, 0.25) is 0 Å². The molecule has 1 N–H and O–H groups in total. The lowest BCUT2D eigenvalue weighted by atomic mass is 10.3. The Morgan fingerprint density at radius 1 is 1.08 bits per heavy atom. The first-order chi connectivity index (χ1) is 11.8. The van der Waals surface area contributed by atoms with E-state index in [-0.39, 0.29) is 6.61 Å². The smallest absolute Gasteiger partial charge is 0.176 e. The number of rotatable bonds is 5. The Kier molecular flexibility index (Phi) is 3.64. The van der Waals surface area contributed by atoms with E-state index in [0.29, 0.717) is 29.7 Å². The first kappa shape index (κ1) is 14.3. The first-order valence-corrected chi connectivity index (χ1v) is 7.39. The van der Waals surface area contributed by atoms with Gasteiger partial charge in [0.05, 0.1) is 12.2 Å². The summed E-state index contributed by atoms with van der Waals surface area (Å²) in [7, 11) is 0. The molecule has 8 heteroatoms. The van der Waals surface area contributed by atoms with E-state index in [4.69, 9.17) is 9.52 Å². The molecule has 0 aliphatic carbocycles. The summed E-state index contributed by atoms with van der Waals surface area (Å²) in [5, 5.41) is 21.1. The van der Waals surface area contributed by atoms with Crippen LogP contribution in [0, 0.1) is 0 Å². The van der Waals surface area contributed by atoms with Crippen LogP contribution in [-0.4, -0.2) is 34.9 Å². The summed E-state index contributed by atoms with van der Waals surface area (Å²) in [6.07, 6.45) is 3.52. The highest BCUT2D eigenvalue weighted by Crippen LogP contribution is 2.21. The number of benzene rings is 1. The lowest BCUT2D eigenvalue weighted by molar-refractivity contribution is 0.248. The number of furan rings is 1. The molecular weight excluding hydrogens is 308 g/mol. The average molecular weight is 322 g/mol. The predicted octanol–water partition coefficient (Wildman–Crippen LogP) is 1.66. The van der Waals surface area contributed by atoms with Crippen molar-refractivity contribution in [1.82, 2.24) is 29.8 Å². The Morgan fingerprint density at radius 3 is 2.75 bits per heavy atom. The van der Waals surface area contributed by atoms with Gasteiger partial charge in [-0.3, -0.25) is 0 Å². The van der Waals surface area contributed by atoms with Crippen LogP contribution in [0.1, 0.15) is 11.6 Å². The highest BCUT2D eigenvalue weighted by molar-refractivity contribution is 5.48. The summed E-state index contributed by atoms with van der Waals surface area (Å²) in [5.74, 6) is 2.41. The highest BCUT2D eigenvalue weighted by atomic mass is 16.4. The molecule has 0 atom stereocenters. The third-order valence-electron chi connectivity index (χ3n) is 3.60. The maximum atomic E-state index is 9.14. The van der Waals surface area contributed by atoms with Gasteiger partial charge in [-0.05, 0) is 34.7 Å². The Labute approximate surface area is 137 Å². The summed E-state index contributed by atoms with van der Waals surface area (Å²) < 4.78 is 9.14. The summed E-state index contributed by atoms with van der Waals surface area (Å²) in [5.41, 5.74) is 0.889. The summed E-state index contributed by atoms with van der Waals surface area (Å²) in [6, 6.07) is 13.2. The van der Waals surface area contributed by atoms with E-state index in [1.165, 1.54) is 0 Å². The number of para-hydroxylation sites is 1. The van der Waals surface area contributed by atoms with E-state index < -0.39 is 0 Å². The van der Waals surface area contributed by atoms with Crippen LogP contribution in [0.4, 0.5) is 0 Å². The molecule has 8 nitrogen and oxygen atoms in total. The van der Waals surface area contributed by atoms with E-state index in [2.05, 4.69) is 20.5 Å². The summed E-state index contributed by atoms with van der Waals surface area (Å²) in [4.78, 5) is 4.33. The normalized spacial score (nSPS) is 11.0. The number of tetrazole rings is 1. The fourth-order valence-corrected chi connectivity index (χ4v) is 2.47. The lowest BCUT2D eigenvalue weighted by Gasteiger charge is -2.07. The standard InChI is InChI=1S/C16H14N6O2/c23-11-13-6-7-14(24-13)16-17-8-9-21(16)10-15-18-19-20-22(15)12-4-2-1-3-5-12/h1-9,23H,10-11H2. The Balaban J connectivity index is 1.66. The van der Waals surface area contributed by atoms with Crippen LogP contribution in [0.3, 0.4) is 0 Å². The zero-order valence-electron chi connectivity index (χ0n) is 12.6. The second kappa shape index (κ2) is 6.09. The van der Waals surface area contributed by atoms with Crippen molar-refractivity contribution in [2.24, 2.45) is 0 Å². The van der Waals surface area contributed by atoms with Crippen molar-refractivity contribution in [3.63, 3.8) is 0 Å². The van der Waals surface area contributed by atoms with Crippen molar-refractivity contribution in [3.05, 3.63) is 66.4 Å². The summed E-state index contributed by atoms with van der Waals surface area (Å²) in [6.45, 7) is 0.291. The van der Waals surface area contributed by atoms with Crippen molar-refractivity contribution < 1.29 is 9.52 Å². The molecular formula is C16H14N6O2. The lowest BCUT2D eigenvalue weighted by Crippen LogP contribution is -2.09. The van der Waals surface area contributed by atoms with Gasteiger partial charge < -0.3 is 14.1 Å². The van der Waals surface area contributed by atoms with Gasteiger partial charge in [-0.1, -0.05) is 18.2 Å². The van der Waals surface area contributed by atoms with Crippen molar-refractivity contribution in [2.45, 2.75) is 13.2 Å². The van der Waals surface area contributed by atoms with Crippen molar-refractivity contribution in [1.29, 1.82) is 0 Å². The molecule has 0 unspecified atom stereocenters. The number of nitrogens with zero attached hydrogens (tertiary/aromatic N) is 6. The van der Waals surface area contributed by atoms with Crippen LogP contribution in [0.25, 0.3) is 17.3 Å². The second-order valence-electron chi connectivity index (χ2n) is 5.15. The van der Waals surface area contributed by atoms with Crippen molar-refractivity contribution >= 4 is 0 Å². The highest BCUT2D eigenvalue weighted by Gasteiger charge is 2.14. The SMILES string of the molecule is OCc1ccc(-c2nccn2Cc2nnnn2-c2ccccc2)o1. The molecule has 3 heterocycles. The molecule has 0 amide bonds. The fourth-order valence-electron chi connectivity index (χ4n) is 2.47.